The van der Waals surface area contributed by atoms with Crippen LogP contribution in [0.3, 0.4) is 0 Å². The van der Waals surface area contributed by atoms with Crippen molar-refractivity contribution in [2.45, 2.75) is 12.5 Å². The molecule has 0 aliphatic carbocycles. The number of hydrogen-bond acceptors (Lipinski definition) is 6. The Kier molecular flexibility index (Phi) is 3.36. The van der Waals surface area contributed by atoms with Crippen molar-refractivity contribution in [3.05, 3.63) is 47.9 Å². The smallest absolute Gasteiger partial charge is 0.176 e. The van der Waals surface area contributed by atoms with E-state index in [-0.39, 0.29) is 6.04 Å². The number of pyridine rings is 1. The van der Waals surface area contributed by atoms with Gasteiger partial charge in [-0.1, -0.05) is 18.2 Å². The zero-order valence-electron chi connectivity index (χ0n) is 11.1. The summed E-state index contributed by atoms with van der Waals surface area (Å²) in [4.78, 5) is 5.79. The highest BCUT2D eigenvalue weighted by atomic mass is 15.6. The van der Waals surface area contributed by atoms with Gasteiger partial charge in [0.15, 0.2) is 5.82 Å². The van der Waals surface area contributed by atoms with Crippen molar-refractivity contribution in [1.82, 2.24) is 30.6 Å². The number of aryl methyl sites for hydroxylation is 1. The number of aromatic nitrogens is 5. The van der Waals surface area contributed by atoms with Crippen LogP contribution in [0.2, 0.25) is 0 Å². The molecule has 2 heterocycles. The van der Waals surface area contributed by atoms with Crippen LogP contribution in [0.4, 0.5) is 0 Å². The zero-order chi connectivity index (χ0) is 13.9. The van der Waals surface area contributed by atoms with Gasteiger partial charge in [-0.25, -0.2) is 0 Å². The summed E-state index contributed by atoms with van der Waals surface area (Å²) in [5.41, 5.74) is 4.84. The molecule has 20 heavy (non-hydrogen) atoms. The molecular weight excluding hydrogens is 254 g/mol. The molecule has 3 N–H and O–H groups in total. The predicted octanol–water partition coefficient (Wildman–Crippen LogP) is 0.505. The number of tetrazole rings is 1. The molecule has 0 saturated carbocycles. The molecule has 1 atom stereocenters. The fourth-order valence-electron chi connectivity index (χ4n) is 2.27. The molecule has 0 fully saturated rings. The van der Waals surface area contributed by atoms with E-state index in [2.05, 4.69) is 25.8 Å². The quantitative estimate of drug-likeness (QED) is 0.529. The van der Waals surface area contributed by atoms with Crippen molar-refractivity contribution in [2.24, 2.45) is 12.9 Å². The maximum Gasteiger partial charge on any atom is 0.176 e. The summed E-state index contributed by atoms with van der Waals surface area (Å²) in [6.45, 7) is 0. The van der Waals surface area contributed by atoms with Crippen LogP contribution in [0.5, 0.6) is 0 Å². The minimum Gasteiger partial charge on any atom is -0.271 e. The van der Waals surface area contributed by atoms with Gasteiger partial charge < -0.3 is 0 Å². The predicted molar refractivity (Wildman–Crippen MR) is 74.3 cm³/mol. The molecule has 0 spiro atoms. The second-order valence-corrected chi connectivity index (χ2v) is 4.54. The number of hydrogen-bond donors (Lipinski definition) is 2. The van der Waals surface area contributed by atoms with E-state index >= 15 is 0 Å². The van der Waals surface area contributed by atoms with Gasteiger partial charge >= 0.3 is 0 Å². The summed E-state index contributed by atoms with van der Waals surface area (Å²) >= 11 is 0. The van der Waals surface area contributed by atoms with E-state index in [1.54, 1.807) is 13.2 Å². The van der Waals surface area contributed by atoms with E-state index in [4.69, 9.17) is 5.84 Å². The maximum atomic E-state index is 5.70. The van der Waals surface area contributed by atoms with E-state index in [0.717, 1.165) is 16.5 Å². The molecule has 7 nitrogen and oxygen atoms in total. The van der Waals surface area contributed by atoms with Crippen LogP contribution in [0.25, 0.3) is 10.9 Å². The number of nitrogens with two attached hydrogens (primary N) is 1. The highest BCUT2D eigenvalue weighted by Crippen LogP contribution is 2.24. The van der Waals surface area contributed by atoms with Crippen LogP contribution in [-0.2, 0) is 13.5 Å². The molecule has 102 valence electrons. The van der Waals surface area contributed by atoms with Crippen LogP contribution in [0.15, 0.2) is 36.5 Å². The van der Waals surface area contributed by atoms with Crippen LogP contribution in [0, 0.1) is 0 Å². The SMILES string of the molecule is Cn1nnc(CC(NN)c2ccnc3ccccc23)n1. The summed E-state index contributed by atoms with van der Waals surface area (Å²) in [5, 5.41) is 13.1. The first-order chi connectivity index (χ1) is 9.78. The molecule has 3 rings (SSSR count). The Hall–Kier alpha value is -2.38. The maximum absolute atomic E-state index is 5.70. The topological polar surface area (TPSA) is 94.5 Å². The van der Waals surface area contributed by atoms with Crippen LogP contribution < -0.4 is 11.3 Å². The zero-order valence-corrected chi connectivity index (χ0v) is 11.1. The van der Waals surface area contributed by atoms with E-state index in [0.29, 0.717) is 12.2 Å². The van der Waals surface area contributed by atoms with Gasteiger partial charge in [0.25, 0.3) is 0 Å². The van der Waals surface area contributed by atoms with Crippen molar-refractivity contribution in [1.29, 1.82) is 0 Å². The second kappa shape index (κ2) is 5.32. The van der Waals surface area contributed by atoms with E-state index in [1.165, 1.54) is 4.80 Å². The second-order valence-electron chi connectivity index (χ2n) is 4.54. The van der Waals surface area contributed by atoms with E-state index < -0.39 is 0 Å². The van der Waals surface area contributed by atoms with E-state index in [1.807, 2.05) is 30.3 Å². The molecular formula is C13H15N7. The summed E-state index contributed by atoms with van der Waals surface area (Å²) in [5.74, 6) is 6.35. The normalized spacial score (nSPS) is 12.7. The van der Waals surface area contributed by atoms with Crippen LogP contribution >= 0.6 is 0 Å². The Morgan fingerprint density at radius 3 is 2.90 bits per heavy atom. The number of nitrogens with one attached hydrogen (secondary N) is 1. The molecule has 0 bridgehead atoms. The minimum atomic E-state index is -0.0906. The molecule has 0 amide bonds. The van der Waals surface area contributed by atoms with Crippen molar-refractivity contribution in [2.75, 3.05) is 0 Å². The number of benzene rings is 1. The molecule has 3 aromatic rings. The molecule has 7 heteroatoms. The lowest BCUT2D eigenvalue weighted by Crippen LogP contribution is -2.30. The first kappa shape index (κ1) is 12.6. The summed E-state index contributed by atoms with van der Waals surface area (Å²) in [7, 11) is 1.74. The third-order valence-corrected chi connectivity index (χ3v) is 3.20. The minimum absolute atomic E-state index is 0.0906. The first-order valence-electron chi connectivity index (χ1n) is 6.30. The van der Waals surface area contributed by atoms with Crippen molar-refractivity contribution < 1.29 is 0 Å². The first-order valence-corrected chi connectivity index (χ1v) is 6.30. The lowest BCUT2D eigenvalue weighted by Gasteiger charge is -2.16. The number of hydrazine groups is 1. The molecule has 2 aromatic heterocycles. The standard InChI is InChI=1S/C13H15N7/c1-20-18-13(17-19-20)8-12(16-14)10-6-7-15-11-5-3-2-4-9(10)11/h2-7,12,16H,8,14H2,1H3. The Morgan fingerprint density at radius 2 is 2.15 bits per heavy atom. The Morgan fingerprint density at radius 1 is 1.30 bits per heavy atom. The average molecular weight is 269 g/mol. The van der Waals surface area contributed by atoms with Gasteiger partial charge in [0, 0.05) is 18.0 Å². The molecule has 0 saturated heterocycles. The fourth-order valence-corrected chi connectivity index (χ4v) is 2.27. The number of para-hydroxylation sites is 1. The third kappa shape index (κ3) is 2.36. The van der Waals surface area contributed by atoms with Gasteiger partial charge in [-0.05, 0) is 22.9 Å². The third-order valence-electron chi connectivity index (χ3n) is 3.20. The number of rotatable bonds is 4. The number of fused-ring (bicyclic) bond motifs is 1. The van der Waals surface area contributed by atoms with Crippen molar-refractivity contribution in [3.8, 4) is 0 Å². The van der Waals surface area contributed by atoms with E-state index in [9.17, 15) is 0 Å². The number of nitrogens with zero attached hydrogens (tertiary/aromatic N) is 5. The molecule has 0 aliphatic heterocycles. The van der Waals surface area contributed by atoms with Gasteiger partial charge in [-0.15, -0.1) is 10.2 Å². The lowest BCUT2D eigenvalue weighted by atomic mass is 10.00. The van der Waals surface area contributed by atoms with Crippen molar-refractivity contribution in [3.63, 3.8) is 0 Å². The molecule has 1 unspecified atom stereocenters. The van der Waals surface area contributed by atoms with Gasteiger partial charge in [-0.2, -0.15) is 4.80 Å². The largest absolute Gasteiger partial charge is 0.271 e. The van der Waals surface area contributed by atoms with Crippen molar-refractivity contribution >= 4 is 10.9 Å². The molecule has 1 aromatic carbocycles. The highest BCUT2D eigenvalue weighted by molar-refractivity contribution is 5.82. The van der Waals surface area contributed by atoms with Gasteiger partial charge in [-0.3, -0.25) is 16.3 Å². The monoisotopic (exact) mass is 269 g/mol. The summed E-state index contributed by atoms with van der Waals surface area (Å²) < 4.78 is 0. The lowest BCUT2D eigenvalue weighted by molar-refractivity contribution is 0.539. The van der Waals surface area contributed by atoms with Crippen LogP contribution in [-0.4, -0.2) is 25.2 Å². The van der Waals surface area contributed by atoms with Gasteiger partial charge in [0.1, 0.15) is 0 Å². The molecule has 0 radical (unpaired) electrons. The Labute approximate surface area is 115 Å². The average Bonchev–Trinajstić information content (AvgIpc) is 2.89. The Bertz CT molecular complexity index is 716. The van der Waals surface area contributed by atoms with Gasteiger partial charge in [0.05, 0.1) is 18.6 Å². The fraction of sp³-hybridized carbons (Fsp3) is 0.231. The Balaban J connectivity index is 1.98. The molecule has 0 aliphatic rings. The van der Waals surface area contributed by atoms with Gasteiger partial charge in [0.2, 0.25) is 0 Å². The summed E-state index contributed by atoms with van der Waals surface area (Å²) in [6, 6.07) is 9.84. The summed E-state index contributed by atoms with van der Waals surface area (Å²) in [6.07, 6.45) is 2.35. The highest BCUT2D eigenvalue weighted by Gasteiger charge is 2.16. The van der Waals surface area contributed by atoms with Crippen LogP contribution in [0.1, 0.15) is 17.4 Å².